The molecule has 0 bridgehead atoms. The molecule has 0 unspecified atom stereocenters. The van der Waals surface area contributed by atoms with Crippen molar-refractivity contribution in [3.05, 3.63) is 58.7 Å². The summed E-state index contributed by atoms with van der Waals surface area (Å²) in [6.07, 6.45) is 3.86. The molecule has 0 amide bonds. The first-order valence-corrected chi connectivity index (χ1v) is 14.9. The maximum atomic E-state index is 14.0. The van der Waals surface area contributed by atoms with Gasteiger partial charge in [0.25, 0.3) is 0 Å². The standard InChI is InChI=1S/C32H50FO3P/c1-13-29(5,6)23-17-19-27(25(21-23)31(9,10)15-3)34-37(36-33)35-28-20-18-24(30(7,8)14-2)22-26(28)32(11,12)16-4/h17-22H,13-16H2,1-12H3. The second-order valence-corrected chi connectivity index (χ2v) is 13.8. The quantitative estimate of drug-likeness (QED) is 0.240. The summed E-state index contributed by atoms with van der Waals surface area (Å²) in [5, 5.41) is 0. The largest absolute Gasteiger partial charge is 0.497 e. The zero-order valence-corrected chi connectivity index (χ0v) is 26.2. The lowest BCUT2D eigenvalue weighted by Crippen LogP contribution is -2.21. The Morgan fingerprint density at radius 1 is 0.568 bits per heavy atom. The van der Waals surface area contributed by atoms with Crippen LogP contribution in [0, 0.1) is 0 Å². The van der Waals surface area contributed by atoms with Gasteiger partial charge >= 0.3 is 8.60 Å². The normalized spacial score (nSPS) is 13.2. The molecule has 2 aromatic carbocycles. The third-order valence-electron chi connectivity index (χ3n) is 8.92. The van der Waals surface area contributed by atoms with Crippen molar-refractivity contribution in [2.45, 2.75) is 130 Å². The maximum Gasteiger partial charge on any atom is 0.497 e. The second kappa shape index (κ2) is 12.0. The van der Waals surface area contributed by atoms with Crippen molar-refractivity contribution in [3.8, 4) is 11.5 Å². The van der Waals surface area contributed by atoms with Crippen LogP contribution >= 0.6 is 8.60 Å². The Morgan fingerprint density at radius 2 is 0.892 bits per heavy atom. The number of rotatable bonds is 13. The van der Waals surface area contributed by atoms with Gasteiger partial charge in [-0.3, -0.25) is 0 Å². The molecule has 0 radical (unpaired) electrons. The number of halogens is 1. The van der Waals surface area contributed by atoms with Gasteiger partial charge < -0.3 is 9.05 Å². The Balaban J connectivity index is 2.52. The van der Waals surface area contributed by atoms with Crippen LogP contribution in [0.2, 0.25) is 0 Å². The molecule has 0 aliphatic carbocycles. The monoisotopic (exact) mass is 532 g/mol. The van der Waals surface area contributed by atoms with Crippen LogP contribution in [0.1, 0.15) is 131 Å². The molecule has 0 saturated carbocycles. The number of hydrogen-bond acceptors (Lipinski definition) is 3. The maximum absolute atomic E-state index is 14.0. The van der Waals surface area contributed by atoms with Crippen LogP contribution < -0.4 is 9.05 Å². The van der Waals surface area contributed by atoms with E-state index in [2.05, 4.69) is 112 Å². The van der Waals surface area contributed by atoms with E-state index in [0.717, 1.165) is 36.8 Å². The first-order chi connectivity index (χ1) is 17.1. The van der Waals surface area contributed by atoms with E-state index in [1.807, 2.05) is 12.1 Å². The van der Waals surface area contributed by atoms with Gasteiger partial charge in [-0.05, 0) is 75.1 Å². The Labute approximate surface area is 227 Å². The highest BCUT2D eigenvalue weighted by Gasteiger charge is 2.32. The van der Waals surface area contributed by atoms with Crippen LogP contribution in [-0.2, 0) is 26.4 Å². The number of hydrogen-bond donors (Lipinski definition) is 0. The van der Waals surface area contributed by atoms with Gasteiger partial charge in [-0.2, -0.15) is 0 Å². The van der Waals surface area contributed by atoms with Crippen LogP contribution in [0.3, 0.4) is 0 Å². The van der Waals surface area contributed by atoms with Crippen LogP contribution in [0.5, 0.6) is 11.5 Å². The first-order valence-electron chi connectivity index (χ1n) is 13.8. The molecule has 0 spiro atoms. The summed E-state index contributed by atoms with van der Waals surface area (Å²) < 4.78 is 30.6. The van der Waals surface area contributed by atoms with Gasteiger partial charge in [-0.15, -0.1) is 0 Å². The fraction of sp³-hybridized carbons (Fsp3) is 0.625. The SMILES string of the molecule is CCC(C)(C)c1ccc(OP(OF)Oc2ccc(C(C)(C)CC)cc2C(C)(C)CC)c(C(C)(C)CC)c1. The van der Waals surface area contributed by atoms with Crippen molar-refractivity contribution < 1.29 is 18.3 Å². The van der Waals surface area contributed by atoms with E-state index in [1.165, 1.54) is 11.1 Å². The summed E-state index contributed by atoms with van der Waals surface area (Å²) in [7, 11) is -2.30. The molecular formula is C32H50FO3P. The lowest BCUT2D eigenvalue weighted by molar-refractivity contribution is -0.0159. The van der Waals surface area contributed by atoms with Crippen molar-refractivity contribution in [1.29, 1.82) is 0 Å². The van der Waals surface area contributed by atoms with Crippen LogP contribution in [0.4, 0.5) is 4.53 Å². The van der Waals surface area contributed by atoms with Crippen molar-refractivity contribution >= 4 is 8.60 Å². The highest BCUT2D eigenvalue weighted by Crippen LogP contribution is 2.49. The fourth-order valence-corrected chi connectivity index (χ4v) is 4.85. The predicted octanol–water partition coefficient (Wildman–Crippen LogP) is 11.0. The van der Waals surface area contributed by atoms with E-state index in [1.54, 1.807) is 0 Å². The Bertz CT molecular complexity index is 961. The minimum absolute atomic E-state index is 0.0313. The van der Waals surface area contributed by atoms with Crippen LogP contribution in [-0.4, -0.2) is 0 Å². The molecule has 2 rings (SSSR count). The zero-order chi connectivity index (χ0) is 28.2. The van der Waals surface area contributed by atoms with E-state index in [0.29, 0.717) is 11.5 Å². The van der Waals surface area contributed by atoms with Crippen molar-refractivity contribution in [1.82, 2.24) is 0 Å². The summed E-state index contributed by atoms with van der Waals surface area (Å²) in [5.41, 5.74) is 4.31. The average Bonchev–Trinajstić information content (AvgIpc) is 2.88. The highest BCUT2D eigenvalue weighted by atomic mass is 31.2. The molecule has 3 nitrogen and oxygen atoms in total. The molecule has 0 aromatic heterocycles. The van der Waals surface area contributed by atoms with Gasteiger partial charge in [-0.25, -0.2) is 0 Å². The van der Waals surface area contributed by atoms with Gasteiger partial charge in [-0.1, -0.05) is 112 Å². The van der Waals surface area contributed by atoms with Gasteiger partial charge in [0.1, 0.15) is 11.5 Å². The van der Waals surface area contributed by atoms with Crippen LogP contribution in [0.15, 0.2) is 36.4 Å². The summed E-state index contributed by atoms with van der Waals surface area (Å²) in [6.45, 7) is 26.4. The Kier molecular flexibility index (Phi) is 10.3. The van der Waals surface area contributed by atoms with Crippen LogP contribution in [0.25, 0.3) is 0 Å². The summed E-state index contributed by atoms with van der Waals surface area (Å²) in [4.78, 5) is 0. The third-order valence-corrected chi connectivity index (χ3v) is 9.72. The van der Waals surface area contributed by atoms with E-state index >= 15 is 0 Å². The molecular weight excluding hydrogens is 482 g/mol. The van der Waals surface area contributed by atoms with E-state index in [9.17, 15) is 4.53 Å². The van der Waals surface area contributed by atoms with Crippen molar-refractivity contribution in [2.24, 2.45) is 0 Å². The van der Waals surface area contributed by atoms with Crippen molar-refractivity contribution in [3.63, 3.8) is 0 Å². The Hall–Kier alpha value is -1.64. The first kappa shape index (κ1) is 31.6. The zero-order valence-electron chi connectivity index (χ0n) is 25.3. The smallest absolute Gasteiger partial charge is 0.416 e. The highest BCUT2D eigenvalue weighted by molar-refractivity contribution is 7.42. The van der Waals surface area contributed by atoms with Gasteiger partial charge in [0, 0.05) is 11.1 Å². The molecule has 0 atom stereocenters. The lowest BCUT2D eigenvalue weighted by atomic mass is 9.76. The topological polar surface area (TPSA) is 27.7 Å². The summed E-state index contributed by atoms with van der Waals surface area (Å²) in [6, 6.07) is 12.5. The molecule has 0 heterocycles. The molecule has 0 aliphatic rings. The second-order valence-electron chi connectivity index (χ2n) is 12.8. The van der Waals surface area contributed by atoms with E-state index < -0.39 is 8.60 Å². The molecule has 5 heteroatoms. The van der Waals surface area contributed by atoms with Gasteiger partial charge in [0.15, 0.2) is 0 Å². The predicted molar refractivity (Wildman–Crippen MR) is 157 cm³/mol. The number of benzene rings is 2. The minimum atomic E-state index is -2.30. The fourth-order valence-electron chi connectivity index (χ4n) is 4.12. The molecule has 0 aliphatic heterocycles. The molecule has 208 valence electrons. The van der Waals surface area contributed by atoms with Crippen molar-refractivity contribution in [2.75, 3.05) is 0 Å². The minimum Gasteiger partial charge on any atom is -0.416 e. The lowest BCUT2D eigenvalue weighted by Gasteiger charge is -2.32. The third kappa shape index (κ3) is 7.27. The molecule has 0 N–H and O–H groups in total. The van der Waals surface area contributed by atoms with E-state index in [-0.39, 0.29) is 21.7 Å². The summed E-state index contributed by atoms with van der Waals surface area (Å²) >= 11 is 0. The van der Waals surface area contributed by atoms with Gasteiger partial charge in [0.05, 0.1) is 0 Å². The molecule has 0 fully saturated rings. The average molecular weight is 533 g/mol. The van der Waals surface area contributed by atoms with Gasteiger partial charge in [0.2, 0.25) is 0 Å². The molecule has 2 aromatic rings. The van der Waals surface area contributed by atoms with E-state index in [4.69, 9.17) is 9.05 Å². The summed E-state index contributed by atoms with van der Waals surface area (Å²) in [5.74, 6) is 1.21. The Morgan fingerprint density at radius 3 is 1.16 bits per heavy atom. The molecule has 0 saturated heterocycles. The molecule has 37 heavy (non-hydrogen) atoms.